The fraction of sp³-hybridized carbons (Fsp3) is 0.217. The minimum absolute atomic E-state index is 0.211. The van der Waals surface area contributed by atoms with E-state index in [2.05, 4.69) is 30.5 Å². The Morgan fingerprint density at radius 1 is 1.06 bits per heavy atom. The maximum Gasteiger partial charge on any atom is 0.183 e. The van der Waals surface area contributed by atoms with Crippen LogP contribution in [0, 0.1) is 12.7 Å². The number of pyridine rings is 1. The molecule has 0 amide bonds. The normalized spacial score (nSPS) is 11.4. The van der Waals surface area contributed by atoms with Crippen molar-refractivity contribution in [1.29, 1.82) is 0 Å². The summed E-state index contributed by atoms with van der Waals surface area (Å²) in [4.78, 5) is 9.16. The highest BCUT2D eigenvalue weighted by molar-refractivity contribution is 5.90. The predicted octanol–water partition coefficient (Wildman–Crippen LogP) is 3.75. The number of fused-ring (bicyclic) bond motifs is 1. The second-order valence-corrected chi connectivity index (χ2v) is 7.56. The van der Waals surface area contributed by atoms with Crippen LogP contribution in [0.2, 0.25) is 0 Å². The maximum atomic E-state index is 15.0. The van der Waals surface area contributed by atoms with Gasteiger partial charge < -0.3 is 9.30 Å². The predicted molar refractivity (Wildman–Crippen MR) is 120 cm³/mol. The highest BCUT2D eigenvalue weighted by Gasteiger charge is 2.17. The Labute approximate surface area is 188 Å². The summed E-state index contributed by atoms with van der Waals surface area (Å²) in [6, 6.07) is 8.55. The average molecular weight is 444 g/mol. The van der Waals surface area contributed by atoms with Gasteiger partial charge >= 0.3 is 0 Å². The second kappa shape index (κ2) is 8.47. The van der Waals surface area contributed by atoms with E-state index in [1.807, 2.05) is 24.5 Å². The van der Waals surface area contributed by atoms with Crippen molar-refractivity contribution in [3.05, 3.63) is 66.3 Å². The van der Waals surface area contributed by atoms with Gasteiger partial charge in [-0.3, -0.25) is 0 Å². The number of imidazole rings is 1. The Morgan fingerprint density at radius 3 is 2.70 bits per heavy atom. The summed E-state index contributed by atoms with van der Waals surface area (Å²) in [5.41, 5.74) is 5.38. The van der Waals surface area contributed by atoms with E-state index < -0.39 is 0 Å². The number of hydrogen-bond donors (Lipinski definition) is 0. The molecule has 0 saturated carbocycles. The largest absolute Gasteiger partial charge is 0.378 e. The molecule has 0 aliphatic carbocycles. The van der Waals surface area contributed by atoms with Gasteiger partial charge in [0.05, 0.1) is 36.7 Å². The minimum atomic E-state index is -0.361. The lowest BCUT2D eigenvalue weighted by Gasteiger charge is -2.13. The molecular formula is C23H21FN8O. The van der Waals surface area contributed by atoms with E-state index in [0.717, 1.165) is 28.9 Å². The van der Waals surface area contributed by atoms with Crippen LogP contribution >= 0.6 is 0 Å². The molecule has 0 fully saturated rings. The molecule has 0 N–H and O–H groups in total. The number of nitrogens with zero attached hydrogens (tertiary/aromatic N) is 8. The molecule has 9 nitrogen and oxygen atoms in total. The first kappa shape index (κ1) is 20.8. The van der Waals surface area contributed by atoms with Crippen LogP contribution in [0.25, 0.3) is 39.2 Å². The Kier molecular flexibility index (Phi) is 5.35. The molecule has 0 atom stereocenters. The highest BCUT2D eigenvalue weighted by Crippen LogP contribution is 2.33. The Bertz CT molecular complexity index is 1460. The zero-order valence-electron chi connectivity index (χ0n) is 18.4. The first-order valence-electron chi connectivity index (χ1n) is 10.4. The number of ether oxygens (including phenoxy) is 1. The van der Waals surface area contributed by atoms with Gasteiger partial charge in [0.2, 0.25) is 0 Å². The van der Waals surface area contributed by atoms with Crippen molar-refractivity contribution in [2.75, 3.05) is 7.11 Å². The summed E-state index contributed by atoms with van der Waals surface area (Å²) in [5, 5.41) is 16.4. The van der Waals surface area contributed by atoms with E-state index in [1.54, 1.807) is 48.7 Å². The number of methoxy groups -OCH3 is 1. The van der Waals surface area contributed by atoms with Crippen molar-refractivity contribution >= 4 is 11.2 Å². The molecule has 10 heteroatoms. The van der Waals surface area contributed by atoms with Gasteiger partial charge in [-0.15, -0.1) is 10.2 Å². The smallest absolute Gasteiger partial charge is 0.183 e. The number of rotatable bonds is 6. The van der Waals surface area contributed by atoms with Crippen molar-refractivity contribution in [2.24, 2.45) is 0 Å². The topological polar surface area (TPSA) is 96.4 Å². The highest BCUT2D eigenvalue weighted by atomic mass is 19.1. The van der Waals surface area contributed by atoms with Gasteiger partial charge in [-0.05, 0) is 43.7 Å². The third kappa shape index (κ3) is 3.74. The van der Waals surface area contributed by atoms with E-state index in [-0.39, 0.29) is 12.4 Å². The molecule has 0 aliphatic rings. The quantitative estimate of drug-likeness (QED) is 0.393. The first-order chi connectivity index (χ1) is 16.1. The SMILES string of the molecule is CCn1cnc2c(-c3ccc(F)c(-c4ccc(-n5cc(C)nn5)nc4COC)c3)cnnc21. The van der Waals surface area contributed by atoms with E-state index in [9.17, 15) is 0 Å². The van der Waals surface area contributed by atoms with Crippen LogP contribution in [0.3, 0.4) is 0 Å². The Hall–Kier alpha value is -4.05. The van der Waals surface area contributed by atoms with Crippen LogP contribution in [0.5, 0.6) is 0 Å². The lowest BCUT2D eigenvalue weighted by molar-refractivity contribution is 0.182. The molecule has 0 radical (unpaired) electrons. The van der Waals surface area contributed by atoms with Crippen LogP contribution < -0.4 is 0 Å². The Balaban J connectivity index is 1.64. The number of hydrogen-bond acceptors (Lipinski definition) is 7. The van der Waals surface area contributed by atoms with Gasteiger partial charge in [-0.2, -0.15) is 5.10 Å². The average Bonchev–Trinajstić information content (AvgIpc) is 3.46. The molecule has 0 saturated heterocycles. The lowest BCUT2D eigenvalue weighted by Crippen LogP contribution is -2.04. The van der Waals surface area contributed by atoms with Gasteiger partial charge in [-0.1, -0.05) is 11.3 Å². The van der Waals surface area contributed by atoms with Crippen molar-refractivity contribution in [2.45, 2.75) is 27.0 Å². The summed E-state index contributed by atoms with van der Waals surface area (Å²) < 4.78 is 23.9. The molecule has 5 rings (SSSR count). The fourth-order valence-corrected chi connectivity index (χ4v) is 3.78. The molecule has 0 spiro atoms. The molecule has 1 aromatic carbocycles. The number of aromatic nitrogens is 8. The summed E-state index contributed by atoms with van der Waals surface area (Å²) in [6.07, 6.45) is 5.16. The fourth-order valence-electron chi connectivity index (χ4n) is 3.78. The molecule has 5 aromatic rings. The van der Waals surface area contributed by atoms with Crippen molar-refractivity contribution in [3.8, 4) is 28.1 Å². The summed E-state index contributed by atoms with van der Waals surface area (Å²) in [7, 11) is 1.58. The molecule has 0 aliphatic heterocycles. The molecule has 166 valence electrons. The zero-order valence-corrected chi connectivity index (χ0v) is 18.4. The monoisotopic (exact) mass is 444 g/mol. The molecule has 4 heterocycles. The van der Waals surface area contributed by atoms with Gasteiger partial charge in [0.15, 0.2) is 11.5 Å². The van der Waals surface area contributed by atoms with Gasteiger partial charge in [0.25, 0.3) is 0 Å². The Morgan fingerprint density at radius 2 is 1.94 bits per heavy atom. The zero-order chi connectivity index (χ0) is 22.9. The summed E-state index contributed by atoms with van der Waals surface area (Å²) >= 11 is 0. The number of halogens is 1. The molecule has 33 heavy (non-hydrogen) atoms. The van der Waals surface area contributed by atoms with E-state index in [4.69, 9.17) is 4.74 Å². The third-order valence-electron chi connectivity index (χ3n) is 5.40. The van der Waals surface area contributed by atoms with Crippen LogP contribution in [-0.2, 0) is 17.9 Å². The van der Waals surface area contributed by atoms with Crippen LogP contribution in [0.4, 0.5) is 4.39 Å². The van der Waals surface area contributed by atoms with Crippen LogP contribution in [0.1, 0.15) is 18.3 Å². The van der Waals surface area contributed by atoms with Crippen molar-refractivity contribution in [1.82, 2.24) is 39.7 Å². The molecule has 4 aromatic heterocycles. The lowest BCUT2D eigenvalue weighted by atomic mass is 9.98. The third-order valence-corrected chi connectivity index (χ3v) is 5.40. The molecule has 0 bridgehead atoms. The van der Waals surface area contributed by atoms with Crippen molar-refractivity contribution in [3.63, 3.8) is 0 Å². The molecule has 0 unspecified atom stereocenters. The van der Waals surface area contributed by atoms with Crippen molar-refractivity contribution < 1.29 is 9.13 Å². The summed E-state index contributed by atoms with van der Waals surface area (Å²) in [6.45, 7) is 4.80. The van der Waals surface area contributed by atoms with Crippen LogP contribution in [-0.4, -0.2) is 46.8 Å². The minimum Gasteiger partial charge on any atom is -0.378 e. The standard InChI is InChI=1S/C23H21FN8O/c1-4-31-13-25-22-18(10-26-29-23(22)31)15-5-7-19(24)17(9-15)16-6-8-21(27-20(16)12-33-3)32-11-14(2)28-30-32/h5-11,13H,4,12H2,1-3H3. The number of benzene rings is 1. The first-order valence-corrected chi connectivity index (χ1v) is 10.4. The van der Waals surface area contributed by atoms with E-state index >= 15 is 4.39 Å². The van der Waals surface area contributed by atoms with E-state index in [0.29, 0.717) is 28.3 Å². The summed E-state index contributed by atoms with van der Waals surface area (Å²) in [5.74, 6) is 0.215. The second-order valence-electron chi connectivity index (χ2n) is 7.56. The van der Waals surface area contributed by atoms with Gasteiger partial charge in [0.1, 0.15) is 11.3 Å². The number of aryl methyl sites for hydroxylation is 2. The van der Waals surface area contributed by atoms with Crippen LogP contribution in [0.15, 0.2) is 49.1 Å². The molecular weight excluding hydrogens is 423 g/mol. The van der Waals surface area contributed by atoms with Gasteiger partial charge in [0, 0.05) is 30.3 Å². The maximum absolute atomic E-state index is 15.0. The van der Waals surface area contributed by atoms with Gasteiger partial charge in [-0.25, -0.2) is 19.0 Å². The van der Waals surface area contributed by atoms with E-state index in [1.165, 1.54) is 6.07 Å².